The highest BCUT2D eigenvalue weighted by Gasteiger charge is 2.09. The molecule has 0 spiro atoms. The molecule has 1 aromatic heterocycles. The first kappa shape index (κ1) is 16.8. The zero-order chi connectivity index (χ0) is 18.6. The number of rotatable bonds is 5. The van der Waals surface area contributed by atoms with Crippen molar-refractivity contribution >= 4 is 0 Å². The Balaban J connectivity index is 1.61. The van der Waals surface area contributed by atoms with E-state index in [9.17, 15) is 0 Å². The first-order valence-electron chi connectivity index (χ1n) is 8.59. The summed E-state index contributed by atoms with van der Waals surface area (Å²) in [5.41, 5.74) is 5.04. The van der Waals surface area contributed by atoms with Crippen LogP contribution in [0.5, 0.6) is 11.5 Å². The predicted molar refractivity (Wildman–Crippen MR) is 105 cm³/mol. The molecule has 0 aliphatic carbocycles. The van der Waals surface area contributed by atoms with Crippen molar-refractivity contribution in [2.45, 2.75) is 0 Å². The molecule has 0 saturated carbocycles. The largest absolute Gasteiger partial charge is 0.493 e. The summed E-state index contributed by atoms with van der Waals surface area (Å²) in [6, 6.07) is 24.3. The van der Waals surface area contributed by atoms with Gasteiger partial charge < -0.3 is 9.47 Å². The van der Waals surface area contributed by atoms with Crippen LogP contribution in [0.1, 0.15) is 0 Å². The van der Waals surface area contributed by atoms with Crippen molar-refractivity contribution in [1.82, 2.24) is 15.0 Å². The first-order valence-corrected chi connectivity index (χ1v) is 8.59. The minimum Gasteiger partial charge on any atom is -0.493 e. The Kier molecular flexibility index (Phi) is 4.58. The summed E-state index contributed by atoms with van der Waals surface area (Å²) >= 11 is 0. The van der Waals surface area contributed by atoms with Crippen LogP contribution < -0.4 is 9.47 Å². The van der Waals surface area contributed by atoms with Gasteiger partial charge in [-0.05, 0) is 23.3 Å². The molecule has 5 nitrogen and oxygen atoms in total. The summed E-state index contributed by atoms with van der Waals surface area (Å²) in [5.74, 6) is 1.33. The van der Waals surface area contributed by atoms with Crippen LogP contribution in [-0.4, -0.2) is 29.2 Å². The van der Waals surface area contributed by atoms with Gasteiger partial charge >= 0.3 is 0 Å². The molecule has 0 bridgehead atoms. The molecule has 5 heteroatoms. The molecule has 0 radical (unpaired) electrons. The van der Waals surface area contributed by atoms with E-state index >= 15 is 0 Å². The topological polar surface area (TPSA) is 49.2 Å². The van der Waals surface area contributed by atoms with Crippen molar-refractivity contribution in [2.24, 2.45) is 0 Å². The van der Waals surface area contributed by atoms with Crippen molar-refractivity contribution < 1.29 is 9.47 Å². The van der Waals surface area contributed by atoms with Gasteiger partial charge in [0.25, 0.3) is 0 Å². The van der Waals surface area contributed by atoms with Gasteiger partial charge in [0.2, 0.25) is 0 Å². The molecule has 0 N–H and O–H groups in total. The number of hydrogen-bond acceptors (Lipinski definition) is 4. The second kappa shape index (κ2) is 7.33. The predicted octanol–water partition coefficient (Wildman–Crippen LogP) is 4.62. The Bertz CT molecular complexity index is 1040. The van der Waals surface area contributed by atoms with E-state index < -0.39 is 0 Å². The van der Waals surface area contributed by atoms with Gasteiger partial charge in [-0.15, -0.1) is 5.10 Å². The standard InChI is InChI=1S/C22H19N3O2/c1-26-21-13-12-19(14-22(21)27-2)25-15-20(23-24-25)18-10-8-17(9-11-18)16-6-4-3-5-7-16/h3-15H,1-2H3. The number of nitrogens with zero attached hydrogens (tertiary/aromatic N) is 3. The fraction of sp³-hybridized carbons (Fsp3) is 0.0909. The van der Waals surface area contributed by atoms with E-state index in [1.54, 1.807) is 18.9 Å². The molecule has 0 atom stereocenters. The summed E-state index contributed by atoms with van der Waals surface area (Å²) in [5, 5.41) is 8.55. The molecule has 27 heavy (non-hydrogen) atoms. The summed E-state index contributed by atoms with van der Waals surface area (Å²) in [4.78, 5) is 0. The number of aromatic nitrogens is 3. The van der Waals surface area contributed by atoms with Crippen molar-refractivity contribution in [1.29, 1.82) is 0 Å². The number of ether oxygens (including phenoxy) is 2. The second-order valence-corrected chi connectivity index (χ2v) is 6.03. The first-order chi connectivity index (χ1) is 13.3. The van der Waals surface area contributed by atoms with Gasteiger partial charge in [-0.1, -0.05) is 59.8 Å². The lowest BCUT2D eigenvalue weighted by Crippen LogP contribution is -1.97. The molecule has 134 valence electrons. The second-order valence-electron chi connectivity index (χ2n) is 6.03. The lowest BCUT2D eigenvalue weighted by Gasteiger charge is -2.08. The van der Waals surface area contributed by atoms with Crippen molar-refractivity contribution in [3.05, 3.63) is 79.0 Å². The maximum Gasteiger partial charge on any atom is 0.162 e. The lowest BCUT2D eigenvalue weighted by atomic mass is 10.0. The van der Waals surface area contributed by atoms with Gasteiger partial charge in [-0.2, -0.15) is 0 Å². The monoisotopic (exact) mass is 357 g/mol. The van der Waals surface area contributed by atoms with E-state index in [0.29, 0.717) is 11.5 Å². The number of hydrogen-bond donors (Lipinski definition) is 0. The lowest BCUT2D eigenvalue weighted by molar-refractivity contribution is 0.354. The minimum atomic E-state index is 0.652. The van der Waals surface area contributed by atoms with E-state index in [4.69, 9.17) is 9.47 Å². The van der Waals surface area contributed by atoms with Crippen LogP contribution in [0.2, 0.25) is 0 Å². The number of methoxy groups -OCH3 is 2. The Morgan fingerprint density at radius 3 is 2.07 bits per heavy atom. The molecular formula is C22H19N3O2. The highest BCUT2D eigenvalue weighted by molar-refractivity contribution is 5.68. The molecule has 0 unspecified atom stereocenters. The van der Waals surface area contributed by atoms with Crippen LogP contribution in [0, 0.1) is 0 Å². The van der Waals surface area contributed by atoms with Crippen LogP contribution >= 0.6 is 0 Å². The van der Waals surface area contributed by atoms with Crippen molar-refractivity contribution in [3.8, 4) is 39.6 Å². The summed E-state index contributed by atoms with van der Waals surface area (Å²) in [6.07, 6.45) is 1.90. The smallest absolute Gasteiger partial charge is 0.162 e. The molecule has 4 aromatic rings. The fourth-order valence-electron chi connectivity index (χ4n) is 2.95. The quantitative estimate of drug-likeness (QED) is 0.523. The number of benzene rings is 3. The van der Waals surface area contributed by atoms with E-state index in [1.165, 1.54) is 11.1 Å². The molecule has 0 aliphatic rings. The van der Waals surface area contributed by atoms with Gasteiger partial charge in [0, 0.05) is 11.6 Å². The summed E-state index contributed by atoms with van der Waals surface area (Å²) in [7, 11) is 3.23. The summed E-state index contributed by atoms with van der Waals surface area (Å²) in [6.45, 7) is 0. The molecule has 0 saturated heterocycles. The third kappa shape index (κ3) is 3.40. The van der Waals surface area contributed by atoms with Gasteiger partial charge in [0.05, 0.1) is 26.1 Å². The molecule has 4 rings (SSSR count). The fourth-order valence-corrected chi connectivity index (χ4v) is 2.95. The van der Waals surface area contributed by atoms with E-state index in [0.717, 1.165) is 16.9 Å². The Morgan fingerprint density at radius 1 is 0.704 bits per heavy atom. The molecule has 1 heterocycles. The summed E-state index contributed by atoms with van der Waals surface area (Å²) < 4.78 is 12.4. The van der Waals surface area contributed by atoms with Crippen LogP contribution in [0.25, 0.3) is 28.1 Å². The highest BCUT2D eigenvalue weighted by atomic mass is 16.5. The van der Waals surface area contributed by atoms with Crippen LogP contribution in [0.4, 0.5) is 0 Å². The molecule has 0 fully saturated rings. The highest BCUT2D eigenvalue weighted by Crippen LogP contribution is 2.29. The maximum atomic E-state index is 5.36. The van der Waals surface area contributed by atoms with Crippen molar-refractivity contribution in [2.75, 3.05) is 14.2 Å². The zero-order valence-corrected chi connectivity index (χ0v) is 15.2. The maximum absolute atomic E-state index is 5.36. The van der Waals surface area contributed by atoms with Crippen LogP contribution in [0.3, 0.4) is 0 Å². The van der Waals surface area contributed by atoms with E-state index in [-0.39, 0.29) is 0 Å². The average molecular weight is 357 g/mol. The zero-order valence-electron chi connectivity index (χ0n) is 15.2. The van der Waals surface area contributed by atoms with Crippen LogP contribution in [0.15, 0.2) is 79.0 Å². The minimum absolute atomic E-state index is 0.652. The van der Waals surface area contributed by atoms with Crippen molar-refractivity contribution in [3.63, 3.8) is 0 Å². The van der Waals surface area contributed by atoms with Crippen LogP contribution in [-0.2, 0) is 0 Å². The van der Waals surface area contributed by atoms with Gasteiger partial charge in [-0.3, -0.25) is 0 Å². The average Bonchev–Trinajstić information content (AvgIpc) is 3.24. The van der Waals surface area contributed by atoms with E-state index in [1.807, 2.05) is 42.6 Å². The SMILES string of the molecule is COc1ccc(-n2cc(-c3ccc(-c4ccccc4)cc3)nn2)cc1OC. The third-order valence-electron chi connectivity index (χ3n) is 4.41. The molecular weight excluding hydrogens is 338 g/mol. The third-order valence-corrected chi connectivity index (χ3v) is 4.41. The molecule has 0 aliphatic heterocycles. The van der Waals surface area contributed by atoms with Gasteiger partial charge in [0.1, 0.15) is 5.69 Å². The molecule has 0 amide bonds. The van der Waals surface area contributed by atoms with E-state index in [2.05, 4.69) is 46.7 Å². The molecule has 3 aromatic carbocycles. The normalized spacial score (nSPS) is 10.6. The Labute approximate surface area is 157 Å². The van der Waals surface area contributed by atoms with Gasteiger partial charge in [0.15, 0.2) is 11.5 Å². The van der Waals surface area contributed by atoms with Gasteiger partial charge in [-0.25, -0.2) is 4.68 Å². The Morgan fingerprint density at radius 2 is 1.37 bits per heavy atom. The Hall–Kier alpha value is -3.60.